The van der Waals surface area contributed by atoms with Crippen LogP contribution >= 0.6 is 0 Å². The maximum atomic E-state index is 11.7. The van der Waals surface area contributed by atoms with Crippen molar-refractivity contribution < 1.29 is 19.5 Å². The van der Waals surface area contributed by atoms with Crippen molar-refractivity contribution in [2.24, 2.45) is 0 Å². The van der Waals surface area contributed by atoms with Gasteiger partial charge in [0.25, 0.3) is 5.91 Å². The lowest BCUT2D eigenvalue weighted by Gasteiger charge is -2.12. The zero-order valence-electron chi connectivity index (χ0n) is 9.79. The monoisotopic (exact) mass is 247 g/mol. The molecule has 5 nitrogen and oxygen atoms in total. The van der Waals surface area contributed by atoms with Crippen LogP contribution in [0.1, 0.15) is 17.3 Å². The number of aliphatic hydroxyl groups is 1. The Morgan fingerprint density at radius 1 is 1.28 bits per heavy atom. The van der Waals surface area contributed by atoms with Crippen molar-refractivity contribution in [2.75, 3.05) is 0 Å². The topological polar surface area (TPSA) is 83.5 Å². The molecule has 1 atom stereocenters. The SMILES string of the molecule is CC(NC(=O)c1ccccc1)C(=O)/C(C=O)=C\O. The number of ketones is 1. The fraction of sp³-hybridized carbons (Fsp3) is 0.154. The second-order valence-electron chi connectivity index (χ2n) is 3.63. The van der Waals surface area contributed by atoms with Gasteiger partial charge in [0, 0.05) is 5.56 Å². The molecule has 0 saturated heterocycles. The molecule has 5 heteroatoms. The number of aliphatic hydroxyl groups excluding tert-OH is 1. The van der Waals surface area contributed by atoms with Crippen molar-refractivity contribution in [1.82, 2.24) is 5.32 Å². The molecule has 0 aliphatic carbocycles. The Kier molecular flexibility index (Phi) is 4.80. The normalized spacial score (nSPS) is 12.6. The largest absolute Gasteiger partial charge is 0.515 e. The second-order valence-corrected chi connectivity index (χ2v) is 3.63. The molecule has 0 heterocycles. The Morgan fingerprint density at radius 3 is 2.39 bits per heavy atom. The van der Waals surface area contributed by atoms with Crippen molar-refractivity contribution in [3.05, 3.63) is 47.7 Å². The molecule has 0 radical (unpaired) electrons. The highest BCUT2D eigenvalue weighted by Crippen LogP contribution is 2.01. The molecule has 1 aromatic rings. The van der Waals surface area contributed by atoms with E-state index < -0.39 is 17.7 Å². The molecule has 0 saturated carbocycles. The zero-order valence-corrected chi connectivity index (χ0v) is 9.79. The molecule has 1 rings (SSSR count). The minimum atomic E-state index is -0.888. The van der Waals surface area contributed by atoms with Gasteiger partial charge in [-0.3, -0.25) is 14.4 Å². The molecule has 0 aliphatic heterocycles. The van der Waals surface area contributed by atoms with Crippen LogP contribution in [0.5, 0.6) is 0 Å². The number of aldehydes is 1. The third-order valence-electron chi connectivity index (χ3n) is 2.33. The number of hydrogen-bond acceptors (Lipinski definition) is 4. The van der Waals surface area contributed by atoms with Gasteiger partial charge in [-0.1, -0.05) is 18.2 Å². The highest BCUT2D eigenvalue weighted by Gasteiger charge is 2.19. The summed E-state index contributed by atoms with van der Waals surface area (Å²) in [5, 5.41) is 11.1. The van der Waals surface area contributed by atoms with Crippen LogP contribution in [0.25, 0.3) is 0 Å². The van der Waals surface area contributed by atoms with Crippen LogP contribution < -0.4 is 5.32 Å². The molecule has 18 heavy (non-hydrogen) atoms. The molecule has 2 N–H and O–H groups in total. The van der Waals surface area contributed by atoms with Gasteiger partial charge in [-0.05, 0) is 19.1 Å². The van der Waals surface area contributed by atoms with Crippen LogP contribution in [0.15, 0.2) is 42.2 Å². The summed E-state index contributed by atoms with van der Waals surface area (Å²) in [4.78, 5) is 33.8. The minimum Gasteiger partial charge on any atom is -0.515 e. The van der Waals surface area contributed by atoms with E-state index in [-0.39, 0.29) is 11.9 Å². The number of rotatable bonds is 5. The number of nitrogens with one attached hydrogen (secondary N) is 1. The van der Waals surface area contributed by atoms with Gasteiger partial charge in [-0.2, -0.15) is 0 Å². The third-order valence-corrected chi connectivity index (χ3v) is 2.33. The molecule has 0 spiro atoms. The van der Waals surface area contributed by atoms with Crippen molar-refractivity contribution in [3.8, 4) is 0 Å². The van der Waals surface area contributed by atoms with Crippen LogP contribution in [-0.4, -0.2) is 29.1 Å². The van der Waals surface area contributed by atoms with Gasteiger partial charge >= 0.3 is 0 Å². The molecule has 0 aliphatic rings. The standard InChI is InChI=1S/C13H13NO4/c1-9(12(17)11(7-15)8-16)14-13(18)10-5-3-2-4-6-10/h2-9,15H,1H3,(H,14,18)/b11-7-. The van der Waals surface area contributed by atoms with Crippen LogP contribution in [0.3, 0.4) is 0 Å². The van der Waals surface area contributed by atoms with Crippen molar-refractivity contribution in [3.63, 3.8) is 0 Å². The predicted molar refractivity (Wildman–Crippen MR) is 65.2 cm³/mol. The maximum Gasteiger partial charge on any atom is 0.251 e. The second kappa shape index (κ2) is 6.34. The smallest absolute Gasteiger partial charge is 0.251 e. The number of benzene rings is 1. The Hall–Kier alpha value is -2.43. The highest BCUT2D eigenvalue weighted by atomic mass is 16.2. The molecule has 0 fully saturated rings. The molecule has 1 unspecified atom stereocenters. The lowest BCUT2D eigenvalue weighted by molar-refractivity contribution is -0.119. The van der Waals surface area contributed by atoms with Crippen LogP contribution in [-0.2, 0) is 9.59 Å². The van der Waals surface area contributed by atoms with E-state index in [1.165, 1.54) is 6.92 Å². The van der Waals surface area contributed by atoms with E-state index >= 15 is 0 Å². The van der Waals surface area contributed by atoms with E-state index in [9.17, 15) is 14.4 Å². The zero-order chi connectivity index (χ0) is 13.5. The van der Waals surface area contributed by atoms with E-state index in [0.29, 0.717) is 11.8 Å². The summed E-state index contributed by atoms with van der Waals surface area (Å²) in [5.41, 5.74) is 0.0358. The van der Waals surface area contributed by atoms with Crippen LogP contribution in [0.4, 0.5) is 0 Å². The van der Waals surface area contributed by atoms with Crippen molar-refractivity contribution >= 4 is 18.0 Å². The Balaban J connectivity index is 2.71. The maximum absolute atomic E-state index is 11.7. The Labute approximate surface area is 104 Å². The summed E-state index contributed by atoms with van der Waals surface area (Å²) in [7, 11) is 0. The van der Waals surface area contributed by atoms with Crippen molar-refractivity contribution in [1.29, 1.82) is 0 Å². The van der Waals surface area contributed by atoms with E-state index in [1.54, 1.807) is 30.3 Å². The van der Waals surface area contributed by atoms with Gasteiger partial charge in [0.05, 0.1) is 17.9 Å². The summed E-state index contributed by atoms with van der Waals surface area (Å²) in [5.74, 6) is -1.06. The van der Waals surface area contributed by atoms with Crippen LogP contribution in [0, 0.1) is 0 Å². The number of carbonyl (C=O) groups excluding carboxylic acids is 3. The first-order chi connectivity index (χ1) is 8.60. The van der Waals surface area contributed by atoms with E-state index in [4.69, 9.17) is 5.11 Å². The van der Waals surface area contributed by atoms with Crippen molar-refractivity contribution in [2.45, 2.75) is 13.0 Å². The Bertz CT molecular complexity index is 479. The lowest BCUT2D eigenvalue weighted by atomic mass is 10.1. The molecule has 1 amide bonds. The fourth-order valence-electron chi connectivity index (χ4n) is 1.34. The van der Waals surface area contributed by atoms with Gasteiger partial charge in [0.2, 0.25) is 0 Å². The molecular weight excluding hydrogens is 234 g/mol. The summed E-state index contributed by atoms with van der Waals surface area (Å²) < 4.78 is 0. The summed E-state index contributed by atoms with van der Waals surface area (Å²) in [6.07, 6.45) is 0.675. The summed E-state index contributed by atoms with van der Waals surface area (Å²) in [6.45, 7) is 1.44. The quantitative estimate of drug-likeness (QED) is 0.267. The molecular formula is C13H13NO4. The summed E-state index contributed by atoms with van der Waals surface area (Å²) >= 11 is 0. The molecule has 94 valence electrons. The number of Topliss-reactive ketones (excluding diaryl/α,β-unsaturated/α-hetero) is 1. The highest BCUT2D eigenvalue weighted by molar-refractivity contribution is 6.14. The average Bonchev–Trinajstić information content (AvgIpc) is 2.40. The van der Waals surface area contributed by atoms with Gasteiger partial charge in [0.1, 0.15) is 0 Å². The lowest BCUT2D eigenvalue weighted by Crippen LogP contribution is -2.39. The van der Waals surface area contributed by atoms with Gasteiger partial charge in [-0.25, -0.2) is 0 Å². The van der Waals surface area contributed by atoms with E-state index in [2.05, 4.69) is 5.32 Å². The third kappa shape index (κ3) is 3.28. The first kappa shape index (κ1) is 13.6. The molecule has 0 bridgehead atoms. The van der Waals surface area contributed by atoms with Gasteiger partial charge in [0.15, 0.2) is 12.1 Å². The first-order valence-corrected chi connectivity index (χ1v) is 5.29. The first-order valence-electron chi connectivity index (χ1n) is 5.29. The van der Waals surface area contributed by atoms with Crippen LogP contribution in [0.2, 0.25) is 0 Å². The average molecular weight is 247 g/mol. The van der Waals surface area contributed by atoms with Gasteiger partial charge < -0.3 is 10.4 Å². The predicted octanol–water partition coefficient (Wildman–Crippen LogP) is 1.01. The number of carbonyl (C=O) groups is 3. The van der Waals surface area contributed by atoms with Gasteiger partial charge in [-0.15, -0.1) is 0 Å². The molecule has 0 aromatic heterocycles. The number of amides is 1. The molecule has 1 aromatic carbocycles. The fourth-order valence-corrected chi connectivity index (χ4v) is 1.34. The number of hydrogen-bond donors (Lipinski definition) is 2. The minimum absolute atomic E-state index is 0.244. The van der Waals surface area contributed by atoms with E-state index in [0.717, 1.165) is 0 Å². The van der Waals surface area contributed by atoms with E-state index in [1.807, 2.05) is 0 Å². The summed E-state index contributed by atoms with van der Waals surface area (Å²) in [6, 6.07) is 7.49. The Morgan fingerprint density at radius 2 is 1.89 bits per heavy atom.